The molecular formula is C36H58O4. The van der Waals surface area contributed by atoms with Gasteiger partial charge in [0.05, 0.1) is 23.7 Å². The van der Waals surface area contributed by atoms with Gasteiger partial charge in [0.2, 0.25) is 0 Å². The first-order chi connectivity index (χ1) is 19.0. The fourth-order valence-corrected chi connectivity index (χ4v) is 8.82. The van der Waals surface area contributed by atoms with Crippen LogP contribution < -0.4 is 0 Å². The maximum absolute atomic E-state index is 13.1. The number of rotatable bonds is 13. The lowest BCUT2D eigenvalue weighted by Crippen LogP contribution is -2.39. The Morgan fingerprint density at radius 1 is 1.00 bits per heavy atom. The molecule has 0 unspecified atom stereocenters. The van der Waals surface area contributed by atoms with Crippen LogP contribution in [-0.4, -0.2) is 39.4 Å². The number of Topliss-reactive ketones (excluding diaryl/α,β-unsaturated/α-hetero) is 1. The second-order valence-electron chi connectivity index (χ2n) is 14.8. The Balaban J connectivity index is 1.37. The van der Waals surface area contributed by atoms with Gasteiger partial charge in [0.1, 0.15) is 5.78 Å². The average Bonchev–Trinajstić information content (AvgIpc) is 3.63. The summed E-state index contributed by atoms with van der Waals surface area (Å²) in [4.78, 5) is 13.1. The van der Waals surface area contributed by atoms with Crippen LogP contribution in [-0.2, 0) is 4.79 Å². The molecule has 40 heavy (non-hydrogen) atoms. The SMILES string of the molecule is CCCCCCCCC(=O)C1([C@@H](O)/C=C/C(C)(C)[C@H]2CC[C@H]3/C(=C/C=C4C[C@@H](O)C[C@H](O)C4)CCC[C@]23C)CC1. The third-order valence-electron chi connectivity index (χ3n) is 11.3. The Hall–Kier alpha value is -1.23. The Morgan fingerprint density at radius 2 is 1.68 bits per heavy atom. The Morgan fingerprint density at radius 3 is 2.35 bits per heavy atom. The third-order valence-corrected chi connectivity index (χ3v) is 11.3. The topological polar surface area (TPSA) is 77.8 Å². The van der Waals surface area contributed by atoms with E-state index in [1.54, 1.807) is 0 Å². The zero-order chi connectivity index (χ0) is 29.0. The number of hydrogen-bond donors (Lipinski definition) is 3. The summed E-state index contributed by atoms with van der Waals surface area (Å²) in [5.41, 5.74) is 2.35. The highest BCUT2D eigenvalue weighted by molar-refractivity contribution is 5.88. The summed E-state index contributed by atoms with van der Waals surface area (Å²) in [5.74, 6) is 1.37. The van der Waals surface area contributed by atoms with E-state index in [-0.39, 0.29) is 16.6 Å². The molecule has 0 bridgehead atoms. The smallest absolute Gasteiger partial charge is 0.141 e. The first kappa shape index (κ1) is 31.7. The van der Waals surface area contributed by atoms with Crippen LogP contribution in [0.2, 0.25) is 0 Å². The number of carbonyl (C=O) groups is 1. The van der Waals surface area contributed by atoms with Gasteiger partial charge in [0.25, 0.3) is 0 Å². The van der Waals surface area contributed by atoms with E-state index in [2.05, 4.69) is 45.9 Å². The molecule has 4 rings (SSSR count). The van der Waals surface area contributed by atoms with E-state index in [0.29, 0.717) is 37.5 Å². The highest BCUT2D eigenvalue weighted by Gasteiger charge is 2.55. The molecule has 0 radical (unpaired) electrons. The van der Waals surface area contributed by atoms with Crippen molar-refractivity contribution in [3.8, 4) is 0 Å². The van der Waals surface area contributed by atoms with Gasteiger partial charge in [-0.25, -0.2) is 0 Å². The van der Waals surface area contributed by atoms with Gasteiger partial charge in [-0.2, -0.15) is 0 Å². The molecule has 0 aromatic heterocycles. The van der Waals surface area contributed by atoms with Crippen LogP contribution in [0.1, 0.15) is 137 Å². The Labute approximate surface area is 244 Å². The lowest BCUT2D eigenvalue weighted by molar-refractivity contribution is -0.127. The summed E-state index contributed by atoms with van der Waals surface area (Å²) in [6, 6.07) is 0. The summed E-state index contributed by atoms with van der Waals surface area (Å²) in [7, 11) is 0. The van der Waals surface area contributed by atoms with Gasteiger partial charge in [-0.3, -0.25) is 4.79 Å². The molecule has 0 heterocycles. The van der Waals surface area contributed by atoms with Crippen molar-refractivity contribution >= 4 is 5.78 Å². The summed E-state index contributed by atoms with van der Waals surface area (Å²) in [6.07, 6.45) is 24.4. The summed E-state index contributed by atoms with van der Waals surface area (Å²) in [5, 5.41) is 31.4. The van der Waals surface area contributed by atoms with E-state index in [0.717, 1.165) is 37.7 Å². The predicted octanol–water partition coefficient (Wildman–Crippen LogP) is 8.00. The Kier molecular flexibility index (Phi) is 10.6. The molecule has 0 aromatic carbocycles. The van der Waals surface area contributed by atoms with E-state index in [1.807, 2.05) is 6.08 Å². The minimum absolute atomic E-state index is 0.0542. The normalized spacial score (nSPS) is 33.8. The van der Waals surface area contributed by atoms with Crippen molar-refractivity contribution < 1.29 is 20.1 Å². The standard InChI is InChI=1S/C36H58O4/c1-5-6-7-8-9-10-13-32(39)36(21-22-36)33(40)18-20-34(2,3)31-17-16-30-27(12-11-19-35(30,31)4)15-14-26-23-28(37)25-29(38)24-26/h14-15,18,20,28-31,33,37-38,40H,5-13,16-17,19,21-25H2,1-4H3/b20-18+,27-15+/t28-,29-,30+,31-,33+,35+/m1/s1. The van der Waals surface area contributed by atoms with Gasteiger partial charge < -0.3 is 15.3 Å². The summed E-state index contributed by atoms with van der Waals surface area (Å²) in [6.45, 7) is 9.37. The maximum Gasteiger partial charge on any atom is 0.141 e. The van der Waals surface area contributed by atoms with Crippen molar-refractivity contribution in [2.45, 2.75) is 155 Å². The molecule has 4 heteroatoms. The maximum atomic E-state index is 13.1. The molecule has 4 aliphatic carbocycles. The lowest BCUT2D eigenvalue weighted by atomic mass is 9.57. The first-order valence-electron chi connectivity index (χ1n) is 16.7. The van der Waals surface area contributed by atoms with Gasteiger partial charge in [-0.05, 0) is 93.3 Å². The van der Waals surface area contributed by atoms with Crippen molar-refractivity contribution in [2.24, 2.45) is 28.1 Å². The van der Waals surface area contributed by atoms with E-state index in [1.165, 1.54) is 56.9 Å². The molecular weight excluding hydrogens is 496 g/mol. The zero-order valence-electron chi connectivity index (χ0n) is 26.0. The van der Waals surface area contributed by atoms with Crippen LogP contribution in [0, 0.1) is 28.1 Å². The quantitative estimate of drug-likeness (QED) is 0.159. The van der Waals surface area contributed by atoms with E-state index in [9.17, 15) is 20.1 Å². The van der Waals surface area contributed by atoms with Crippen molar-refractivity contribution in [3.63, 3.8) is 0 Å². The second kappa shape index (κ2) is 13.4. The third kappa shape index (κ3) is 7.21. The van der Waals surface area contributed by atoms with Crippen LogP contribution in [0.3, 0.4) is 0 Å². The Bertz CT molecular complexity index is 942. The average molecular weight is 555 g/mol. The molecule has 0 aliphatic heterocycles. The van der Waals surface area contributed by atoms with Gasteiger partial charge in [0.15, 0.2) is 0 Å². The van der Waals surface area contributed by atoms with E-state index >= 15 is 0 Å². The van der Waals surface area contributed by atoms with E-state index < -0.39 is 23.7 Å². The molecule has 4 aliphatic rings. The molecule has 0 saturated heterocycles. The van der Waals surface area contributed by atoms with Gasteiger partial charge in [-0.1, -0.05) is 95.2 Å². The van der Waals surface area contributed by atoms with Crippen LogP contribution in [0.15, 0.2) is 35.5 Å². The monoisotopic (exact) mass is 554 g/mol. The molecule has 4 saturated carbocycles. The lowest BCUT2D eigenvalue weighted by Gasteiger charge is -2.47. The van der Waals surface area contributed by atoms with Crippen molar-refractivity contribution in [1.82, 2.24) is 0 Å². The number of unbranched alkanes of at least 4 members (excludes halogenated alkanes) is 5. The van der Waals surface area contributed by atoms with Gasteiger partial charge >= 0.3 is 0 Å². The number of carbonyl (C=O) groups excluding carboxylic acids is 1. The summed E-state index contributed by atoms with van der Waals surface area (Å²) < 4.78 is 0. The molecule has 6 atom stereocenters. The van der Waals surface area contributed by atoms with Crippen LogP contribution in [0.25, 0.3) is 0 Å². The number of hydrogen-bond acceptors (Lipinski definition) is 4. The number of fused-ring (bicyclic) bond motifs is 1. The fraction of sp³-hybridized carbons (Fsp3) is 0.806. The van der Waals surface area contributed by atoms with E-state index in [4.69, 9.17) is 0 Å². The van der Waals surface area contributed by atoms with Gasteiger partial charge in [0, 0.05) is 6.42 Å². The number of aliphatic hydroxyl groups is 3. The fourth-order valence-electron chi connectivity index (χ4n) is 8.82. The first-order valence-corrected chi connectivity index (χ1v) is 16.7. The zero-order valence-corrected chi connectivity index (χ0v) is 26.0. The number of aliphatic hydroxyl groups excluding tert-OH is 3. The van der Waals surface area contributed by atoms with Crippen LogP contribution >= 0.6 is 0 Å². The predicted molar refractivity (Wildman–Crippen MR) is 164 cm³/mol. The molecule has 3 N–H and O–H groups in total. The van der Waals surface area contributed by atoms with Crippen molar-refractivity contribution in [3.05, 3.63) is 35.5 Å². The second-order valence-corrected chi connectivity index (χ2v) is 14.8. The number of allylic oxidation sites excluding steroid dienone is 4. The minimum atomic E-state index is -0.668. The minimum Gasteiger partial charge on any atom is -0.393 e. The molecule has 4 fully saturated rings. The summed E-state index contributed by atoms with van der Waals surface area (Å²) >= 11 is 0. The highest BCUT2D eigenvalue weighted by Crippen LogP contribution is 2.62. The number of ketones is 1. The molecule has 0 amide bonds. The van der Waals surface area contributed by atoms with Crippen LogP contribution in [0.5, 0.6) is 0 Å². The van der Waals surface area contributed by atoms with Crippen LogP contribution in [0.4, 0.5) is 0 Å². The van der Waals surface area contributed by atoms with Gasteiger partial charge in [-0.15, -0.1) is 0 Å². The molecule has 226 valence electrons. The van der Waals surface area contributed by atoms with Crippen molar-refractivity contribution in [2.75, 3.05) is 0 Å². The largest absolute Gasteiger partial charge is 0.393 e. The molecule has 4 nitrogen and oxygen atoms in total. The molecule has 0 spiro atoms. The highest BCUT2D eigenvalue weighted by atomic mass is 16.3. The molecule has 0 aromatic rings. The van der Waals surface area contributed by atoms with Crippen molar-refractivity contribution in [1.29, 1.82) is 0 Å².